The maximum Gasteiger partial charge on any atom is 0.355 e. The molecule has 42 heavy (non-hydrogen) atoms. The number of carbonyl (C=O) groups excluding carboxylic acids is 1. The zero-order valence-electron chi connectivity index (χ0n) is 23.4. The largest absolute Gasteiger partial charge is 0.464 e. The molecular weight excluding hydrogens is 542 g/mol. The Morgan fingerprint density at radius 2 is 1.88 bits per heavy atom. The molecule has 5 heterocycles. The van der Waals surface area contributed by atoms with Crippen LogP contribution in [0.5, 0.6) is 0 Å². The SMILES string of the molecule is CC(=O)N1CCN(c2nc(=O)n(-c3c(C)ccnc3C3CC3)c3nc(-c4c(F)ccc5ccoc45)c(F)cc23)[C@@H](C)C1. The molecule has 2 fully saturated rings. The number of anilines is 1. The van der Waals surface area contributed by atoms with Crippen LogP contribution in [0, 0.1) is 18.6 Å². The molecule has 1 saturated carbocycles. The Morgan fingerprint density at radius 3 is 2.62 bits per heavy atom. The summed E-state index contributed by atoms with van der Waals surface area (Å²) in [6.07, 6.45) is 5.01. The van der Waals surface area contributed by atoms with Crippen molar-refractivity contribution in [1.29, 1.82) is 0 Å². The normalized spacial score (nSPS) is 17.4. The van der Waals surface area contributed by atoms with Crippen LogP contribution in [0.15, 0.2) is 52.0 Å². The molecule has 4 aromatic heterocycles. The maximum absolute atomic E-state index is 16.1. The topological polar surface area (TPSA) is 97.4 Å². The van der Waals surface area contributed by atoms with E-state index in [0.717, 1.165) is 24.1 Å². The second-order valence-corrected chi connectivity index (χ2v) is 11.1. The number of piperazine rings is 1. The van der Waals surface area contributed by atoms with E-state index in [9.17, 15) is 9.59 Å². The summed E-state index contributed by atoms with van der Waals surface area (Å²) in [4.78, 5) is 43.5. The Morgan fingerprint density at radius 1 is 1.07 bits per heavy atom. The molecule has 11 heteroatoms. The van der Waals surface area contributed by atoms with Crippen LogP contribution in [0.2, 0.25) is 0 Å². The number of hydrogen-bond donors (Lipinski definition) is 0. The summed E-state index contributed by atoms with van der Waals surface area (Å²) in [7, 11) is 0. The summed E-state index contributed by atoms with van der Waals surface area (Å²) in [5.41, 5.74) is 1.42. The number of benzene rings is 1. The standard InChI is InChI=1S/C31H28F2N6O3/c1-16-8-10-34-25(19-4-5-19)27(16)39-30-21(29(36-31(39)41)38-12-11-37(18(3)40)15-17(38)2)14-23(33)26(35-30)24-22(32)7-6-20-9-13-42-28(20)24/h6-10,13-14,17,19H,4-5,11-12,15H2,1-3H3/t17-/m0/s1. The van der Waals surface area contributed by atoms with E-state index < -0.39 is 17.3 Å². The number of aromatic nitrogens is 4. The highest BCUT2D eigenvalue weighted by Crippen LogP contribution is 2.43. The molecule has 0 N–H and O–H groups in total. The van der Waals surface area contributed by atoms with Gasteiger partial charge in [0.15, 0.2) is 11.5 Å². The van der Waals surface area contributed by atoms with Gasteiger partial charge in [0.2, 0.25) is 5.91 Å². The Bertz CT molecular complexity index is 1960. The van der Waals surface area contributed by atoms with Gasteiger partial charge in [-0.2, -0.15) is 4.98 Å². The lowest BCUT2D eigenvalue weighted by Crippen LogP contribution is -2.54. The van der Waals surface area contributed by atoms with E-state index in [1.54, 1.807) is 23.2 Å². The highest BCUT2D eigenvalue weighted by atomic mass is 19.1. The van der Waals surface area contributed by atoms with Crippen LogP contribution in [0.1, 0.15) is 43.9 Å². The van der Waals surface area contributed by atoms with Gasteiger partial charge in [-0.3, -0.25) is 9.78 Å². The van der Waals surface area contributed by atoms with Gasteiger partial charge in [0, 0.05) is 50.1 Å². The van der Waals surface area contributed by atoms with Gasteiger partial charge in [0.25, 0.3) is 0 Å². The van der Waals surface area contributed by atoms with E-state index in [4.69, 9.17) is 4.42 Å². The van der Waals surface area contributed by atoms with E-state index in [1.165, 1.54) is 29.9 Å². The summed E-state index contributed by atoms with van der Waals surface area (Å²) >= 11 is 0. The third-order valence-corrected chi connectivity index (χ3v) is 8.30. The number of carbonyl (C=O) groups is 1. The number of halogens is 2. The van der Waals surface area contributed by atoms with Crippen LogP contribution in [0.3, 0.4) is 0 Å². The van der Waals surface area contributed by atoms with Crippen LogP contribution in [-0.4, -0.2) is 56.0 Å². The first kappa shape index (κ1) is 26.2. The van der Waals surface area contributed by atoms with Crippen molar-refractivity contribution >= 4 is 33.7 Å². The minimum atomic E-state index is -0.779. The molecule has 0 radical (unpaired) electrons. The molecule has 9 nitrogen and oxygen atoms in total. The van der Waals surface area contributed by atoms with E-state index in [1.807, 2.05) is 24.8 Å². The van der Waals surface area contributed by atoms with Gasteiger partial charge in [-0.1, -0.05) is 0 Å². The summed E-state index contributed by atoms with van der Waals surface area (Å²) in [6, 6.07) is 7.34. The van der Waals surface area contributed by atoms with Gasteiger partial charge in [-0.15, -0.1) is 0 Å². The number of pyridine rings is 2. The zero-order valence-corrected chi connectivity index (χ0v) is 23.4. The molecule has 1 atom stereocenters. The second-order valence-electron chi connectivity index (χ2n) is 11.1. The van der Waals surface area contributed by atoms with Crippen LogP contribution in [0.4, 0.5) is 14.6 Å². The van der Waals surface area contributed by atoms with E-state index in [2.05, 4.69) is 15.0 Å². The molecule has 214 valence electrons. The minimum Gasteiger partial charge on any atom is -0.464 e. The van der Waals surface area contributed by atoms with E-state index >= 15 is 8.78 Å². The lowest BCUT2D eigenvalue weighted by atomic mass is 10.1. The maximum atomic E-state index is 16.1. The highest BCUT2D eigenvalue weighted by molar-refractivity contribution is 5.95. The monoisotopic (exact) mass is 570 g/mol. The predicted octanol–water partition coefficient (Wildman–Crippen LogP) is 5.11. The Labute approximate surface area is 239 Å². The van der Waals surface area contributed by atoms with Gasteiger partial charge in [-0.05, 0) is 62.6 Å². The van der Waals surface area contributed by atoms with Crippen molar-refractivity contribution in [3.05, 3.63) is 76.2 Å². The van der Waals surface area contributed by atoms with Gasteiger partial charge >= 0.3 is 5.69 Å². The van der Waals surface area contributed by atoms with Gasteiger partial charge in [0.05, 0.1) is 28.6 Å². The molecule has 1 aromatic carbocycles. The Hall–Kier alpha value is -4.67. The summed E-state index contributed by atoms with van der Waals surface area (Å²) in [5, 5.41) is 0.896. The number of rotatable bonds is 4. The first-order valence-electron chi connectivity index (χ1n) is 14.0. The number of hydrogen-bond acceptors (Lipinski definition) is 7. The summed E-state index contributed by atoms with van der Waals surface area (Å²) in [6.45, 7) is 6.58. The van der Waals surface area contributed by atoms with Crippen LogP contribution in [-0.2, 0) is 4.79 Å². The molecule has 0 spiro atoms. The molecule has 5 aromatic rings. The Kier molecular flexibility index (Phi) is 6.07. The first-order valence-corrected chi connectivity index (χ1v) is 14.0. The van der Waals surface area contributed by atoms with Crippen molar-refractivity contribution in [3.8, 4) is 16.9 Å². The fourth-order valence-corrected chi connectivity index (χ4v) is 6.01. The molecule has 1 aliphatic heterocycles. The second kappa shape index (κ2) is 9.71. The number of furan rings is 1. The number of nitrogens with zero attached hydrogens (tertiary/aromatic N) is 6. The van der Waals surface area contributed by atoms with Gasteiger partial charge < -0.3 is 14.2 Å². The smallest absolute Gasteiger partial charge is 0.355 e. The molecule has 1 amide bonds. The lowest BCUT2D eigenvalue weighted by molar-refractivity contribution is -0.129. The molecule has 2 aliphatic rings. The van der Waals surface area contributed by atoms with Crippen LogP contribution in [0.25, 0.3) is 38.9 Å². The van der Waals surface area contributed by atoms with Gasteiger partial charge in [0.1, 0.15) is 22.9 Å². The molecule has 0 bridgehead atoms. The molecule has 0 unspecified atom stereocenters. The summed E-state index contributed by atoms with van der Waals surface area (Å²) in [5.74, 6) is -1.06. The number of fused-ring (bicyclic) bond motifs is 2. The number of aryl methyl sites for hydroxylation is 1. The van der Waals surface area contributed by atoms with Crippen molar-refractivity contribution in [3.63, 3.8) is 0 Å². The lowest BCUT2D eigenvalue weighted by Gasteiger charge is -2.40. The third kappa shape index (κ3) is 4.14. The zero-order chi connectivity index (χ0) is 29.3. The number of amides is 1. The van der Waals surface area contributed by atoms with Crippen LogP contribution < -0.4 is 10.6 Å². The molecule has 7 rings (SSSR count). The predicted molar refractivity (Wildman–Crippen MR) is 154 cm³/mol. The minimum absolute atomic E-state index is 0.0409. The Balaban J connectivity index is 1.53. The van der Waals surface area contributed by atoms with Gasteiger partial charge in [-0.25, -0.2) is 23.1 Å². The van der Waals surface area contributed by atoms with Crippen LogP contribution >= 0.6 is 0 Å². The van der Waals surface area contributed by atoms with E-state index in [0.29, 0.717) is 36.1 Å². The van der Waals surface area contributed by atoms with Crippen molar-refractivity contribution < 1.29 is 18.0 Å². The van der Waals surface area contributed by atoms with Crippen molar-refractivity contribution in [2.45, 2.75) is 45.6 Å². The molecule has 1 saturated heterocycles. The highest BCUT2D eigenvalue weighted by Gasteiger charge is 2.33. The van der Waals surface area contributed by atoms with Crippen molar-refractivity contribution in [2.24, 2.45) is 0 Å². The average molecular weight is 571 g/mol. The summed E-state index contributed by atoms with van der Waals surface area (Å²) < 4.78 is 38.4. The van der Waals surface area contributed by atoms with E-state index in [-0.39, 0.29) is 46.2 Å². The molecular formula is C31H28F2N6O3. The first-order chi connectivity index (χ1) is 20.2. The van der Waals surface area contributed by atoms with Crippen molar-refractivity contribution in [1.82, 2.24) is 24.4 Å². The third-order valence-electron chi connectivity index (χ3n) is 8.30. The quantitative estimate of drug-likeness (QED) is 0.296. The fraction of sp³-hybridized carbons (Fsp3) is 0.323. The average Bonchev–Trinajstić information content (AvgIpc) is 3.70. The fourth-order valence-electron chi connectivity index (χ4n) is 6.01. The van der Waals surface area contributed by atoms with Crippen molar-refractivity contribution in [2.75, 3.05) is 24.5 Å². The molecule has 1 aliphatic carbocycles.